The van der Waals surface area contributed by atoms with E-state index in [4.69, 9.17) is 8.85 Å². The minimum absolute atomic E-state index is 0.146. The van der Waals surface area contributed by atoms with Crippen LogP contribution in [-0.2, 0) is 8.85 Å². The third-order valence-corrected chi connectivity index (χ3v) is 12.7. The van der Waals surface area contributed by atoms with E-state index in [0.29, 0.717) is 0 Å². The van der Waals surface area contributed by atoms with Crippen molar-refractivity contribution in [3.05, 3.63) is 9.66 Å². The van der Waals surface area contributed by atoms with E-state index in [9.17, 15) is 0 Å². The van der Waals surface area contributed by atoms with Crippen molar-refractivity contribution in [1.82, 2.24) is 0 Å². The molecule has 26 heavy (non-hydrogen) atoms. The molecule has 0 amide bonds. The molecular weight excluding hydrogens is 483 g/mol. The van der Waals surface area contributed by atoms with Gasteiger partial charge >= 0.3 is 0 Å². The quantitative estimate of drug-likeness (QED) is 0.221. The molecule has 1 rings (SSSR count). The predicted molar refractivity (Wildman–Crippen MR) is 132 cm³/mol. The molecule has 0 bridgehead atoms. The number of hydrogen-bond donors (Lipinski definition) is 0. The first-order chi connectivity index (χ1) is 11.4. The summed E-state index contributed by atoms with van der Waals surface area (Å²) in [6.45, 7) is 25.3. The first-order valence-corrected chi connectivity index (χ1v) is 20.5. The second-order valence-corrected chi connectivity index (χ2v) is 26.2. The first kappa shape index (κ1) is 24.6. The lowest BCUT2D eigenvalue weighted by Gasteiger charge is -2.40. The molecule has 0 aliphatic heterocycles. The summed E-state index contributed by atoms with van der Waals surface area (Å²) in [5.41, 5.74) is 3.26. The molecule has 0 heterocycles. The molecule has 1 aliphatic rings. The van der Waals surface area contributed by atoms with Crippen LogP contribution in [0.2, 0.25) is 57.4 Å². The maximum Gasteiger partial charge on any atom is 0.192 e. The first-order valence-electron chi connectivity index (χ1n) is 9.63. The SMILES string of the molecule is CC(C)(C)[Si](C)(C)O[C@@H]1C=C(I)[C@](CC#C[Si](C)(C)C)(O[Si](C)(C)C)C1. The van der Waals surface area contributed by atoms with Gasteiger partial charge in [-0.1, -0.05) is 40.4 Å². The zero-order valence-corrected chi connectivity index (χ0v) is 23.9. The maximum atomic E-state index is 6.76. The summed E-state index contributed by atoms with van der Waals surface area (Å²) in [6, 6.07) is 0. The molecule has 0 saturated carbocycles. The molecule has 0 aromatic rings. The molecular formula is C20H39IO2Si3. The summed E-state index contributed by atoms with van der Waals surface area (Å²) < 4.78 is 14.7. The lowest BCUT2D eigenvalue weighted by atomic mass is 9.99. The van der Waals surface area contributed by atoms with Gasteiger partial charge in [-0.05, 0) is 66.4 Å². The topological polar surface area (TPSA) is 18.5 Å². The molecule has 2 atom stereocenters. The number of hydrogen-bond acceptors (Lipinski definition) is 2. The Bertz CT molecular complexity index is 598. The van der Waals surface area contributed by atoms with Crippen molar-refractivity contribution < 1.29 is 8.85 Å². The molecule has 0 fully saturated rings. The van der Waals surface area contributed by atoms with Crippen LogP contribution in [-0.4, -0.2) is 36.4 Å². The van der Waals surface area contributed by atoms with E-state index in [2.05, 4.69) is 113 Å². The molecule has 6 heteroatoms. The van der Waals surface area contributed by atoms with E-state index in [-0.39, 0.29) is 16.7 Å². The lowest BCUT2D eigenvalue weighted by Crippen LogP contribution is -2.46. The van der Waals surface area contributed by atoms with Gasteiger partial charge in [0, 0.05) is 16.4 Å². The van der Waals surface area contributed by atoms with Crippen molar-refractivity contribution in [2.45, 2.75) is 103 Å². The van der Waals surface area contributed by atoms with E-state index in [1.807, 2.05) is 0 Å². The third kappa shape index (κ3) is 7.21. The van der Waals surface area contributed by atoms with Crippen molar-refractivity contribution in [3.63, 3.8) is 0 Å². The van der Waals surface area contributed by atoms with E-state index >= 15 is 0 Å². The highest BCUT2D eigenvalue weighted by molar-refractivity contribution is 14.1. The van der Waals surface area contributed by atoms with Crippen LogP contribution >= 0.6 is 22.6 Å². The summed E-state index contributed by atoms with van der Waals surface area (Å²) in [7, 11) is -4.88. The zero-order valence-electron chi connectivity index (χ0n) is 18.8. The Morgan fingerprint density at radius 2 is 1.65 bits per heavy atom. The Balaban J connectivity index is 3.09. The fourth-order valence-electron chi connectivity index (χ4n) is 2.75. The van der Waals surface area contributed by atoms with Crippen molar-refractivity contribution >= 4 is 47.3 Å². The fraction of sp³-hybridized carbons (Fsp3) is 0.800. The Labute approximate surface area is 179 Å². The smallest absolute Gasteiger partial charge is 0.192 e. The summed E-state index contributed by atoms with van der Waals surface area (Å²) in [5.74, 6) is 3.49. The summed E-state index contributed by atoms with van der Waals surface area (Å²) in [6.07, 6.45) is 4.14. The van der Waals surface area contributed by atoms with Crippen LogP contribution in [0, 0.1) is 11.5 Å². The van der Waals surface area contributed by atoms with Crippen LogP contribution in [0.15, 0.2) is 9.66 Å². The van der Waals surface area contributed by atoms with Crippen LogP contribution in [0.4, 0.5) is 0 Å². The summed E-state index contributed by atoms with van der Waals surface area (Å²) in [5, 5.41) is 0.217. The van der Waals surface area contributed by atoms with Crippen LogP contribution in [0.5, 0.6) is 0 Å². The molecule has 0 aromatic carbocycles. The predicted octanol–water partition coefficient (Wildman–Crippen LogP) is 6.96. The number of rotatable bonds is 5. The average molecular weight is 523 g/mol. The highest BCUT2D eigenvalue weighted by Gasteiger charge is 2.47. The van der Waals surface area contributed by atoms with Gasteiger partial charge in [0.1, 0.15) is 13.7 Å². The van der Waals surface area contributed by atoms with Gasteiger partial charge in [0.15, 0.2) is 16.6 Å². The standard InChI is InChI=1S/C20H39IO2Si3/c1-19(2,3)26(10,11)22-17-15-18(21)20(16-17,23-25(7,8)9)13-12-14-24(4,5)6/h15,17H,13,16H2,1-11H3/t17-,20-/m1/s1. The second-order valence-electron chi connectivity index (χ2n) is 11.1. The fourth-order valence-corrected chi connectivity index (χ4v) is 7.20. The van der Waals surface area contributed by atoms with Gasteiger partial charge in [0.25, 0.3) is 0 Å². The molecule has 0 aromatic heterocycles. The van der Waals surface area contributed by atoms with Crippen molar-refractivity contribution in [2.75, 3.05) is 0 Å². The molecule has 0 unspecified atom stereocenters. The molecule has 0 saturated heterocycles. The number of halogens is 1. The Kier molecular flexibility index (Phi) is 7.72. The normalized spacial score (nSPS) is 24.9. The van der Waals surface area contributed by atoms with Crippen LogP contribution in [0.1, 0.15) is 33.6 Å². The van der Waals surface area contributed by atoms with Gasteiger partial charge in [-0.3, -0.25) is 0 Å². The zero-order chi connectivity index (χ0) is 20.6. The van der Waals surface area contributed by atoms with Gasteiger partial charge in [-0.25, -0.2) is 0 Å². The Morgan fingerprint density at radius 3 is 2.08 bits per heavy atom. The van der Waals surface area contributed by atoms with Crippen LogP contribution < -0.4 is 0 Å². The largest absolute Gasteiger partial charge is 0.410 e. The van der Waals surface area contributed by atoms with Crippen molar-refractivity contribution in [1.29, 1.82) is 0 Å². The van der Waals surface area contributed by atoms with E-state index < -0.39 is 24.7 Å². The molecule has 1 aliphatic carbocycles. The van der Waals surface area contributed by atoms with Gasteiger partial charge in [-0.15, -0.1) is 11.5 Å². The highest BCUT2D eigenvalue weighted by Crippen LogP contribution is 2.46. The molecule has 0 radical (unpaired) electrons. The summed E-state index contributed by atoms with van der Waals surface area (Å²) >= 11 is 2.47. The van der Waals surface area contributed by atoms with Crippen molar-refractivity contribution in [2.24, 2.45) is 0 Å². The third-order valence-electron chi connectivity index (χ3n) is 4.89. The summed E-state index contributed by atoms with van der Waals surface area (Å²) in [4.78, 5) is 0. The van der Waals surface area contributed by atoms with Gasteiger partial charge < -0.3 is 8.85 Å². The lowest BCUT2D eigenvalue weighted by molar-refractivity contribution is 0.0802. The molecule has 0 spiro atoms. The van der Waals surface area contributed by atoms with Gasteiger partial charge in [0.2, 0.25) is 0 Å². The molecule has 2 nitrogen and oxygen atoms in total. The second kappa shape index (κ2) is 8.15. The monoisotopic (exact) mass is 522 g/mol. The van der Waals surface area contributed by atoms with E-state index in [1.54, 1.807) is 0 Å². The minimum atomic E-state index is -1.80. The van der Waals surface area contributed by atoms with Gasteiger partial charge in [-0.2, -0.15) is 0 Å². The molecule has 150 valence electrons. The highest BCUT2D eigenvalue weighted by atomic mass is 127. The van der Waals surface area contributed by atoms with Crippen LogP contribution in [0.3, 0.4) is 0 Å². The maximum absolute atomic E-state index is 6.76. The Hall–Kier alpha value is 0.601. The van der Waals surface area contributed by atoms with Gasteiger partial charge in [0.05, 0.1) is 6.10 Å². The minimum Gasteiger partial charge on any atom is -0.410 e. The molecule has 0 N–H and O–H groups in total. The van der Waals surface area contributed by atoms with E-state index in [0.717, 1.165) is 12.8 Å². The average Bonchev–Trinajstić information content (AvgIpc) is 2.59. The van der Waals surface area contributed by atoms with E-state index in [1.165, 1.54) is 3.58 Å². The Morgan fingerprint density at radius 1 is 1.12 bits per heavy atom. The van der Waals surface area contributed by atoms with Crippen molar-refractivity contribution in [3.8, 4) is 11.5 Å². The van der Waals surface area contributed by atoms with Crippen LogP contribution in [0.25, 0.3) is 0 Å².